The van der Waals surface area contributed by atoms with Gasteiger partial charge in [0.15, 0.2) is 0 Å². The van der Waals surface area contributed by atoms with Crippen LogP contribution in [0.15, 0.2) is 18.2 Å². The van der Waals surface area contributed by atoms with Gasteiger partial charge in [-0.2, -0.15) is 11.8 Å². The third kappa shape index (κ3) is 3.75. The molecule has 5 nitrogen and oxygen atoms in total. The van der Waals surface area contributed by atoms with E-state index < -0.39 is 0 Å². The molecule has 2 amide bonds. The number of thioether (sulfide) groups is 1. The summed E-state index contributed by atoms with van der Waals surface area (Å²) in [6, 6.07) is 5.53. The molecular weight excluding hydrogens is 324 g/mol. The van der Waals surface area contributed by atoms with Crippen molar-refractivity contribution in [2.45, 2.75) is 26.4 Å². The van der Waals surface area contributed by atoms with E-state index in [1.165, 1.54) is 0 Å². The minimum absolute atomic E-state index is 0.0180. The van der Waals surface area contributed by atoms with Crippen molar-refractivity contribution in [3.63, 3.8) is 0 Å². The SMILES string of the molecule is CCO[C@H]1C[C@@H]1C(=O)Nc1cccc(C(=O)N2CCSCC2)c1C. The predicted octanol–water partition coefficient (Wildman–Crippen LogP) is 2.55. The number of ether oxygens (including phenoxy) is 1. The smallest absolute Gasteiger partial charge is 0.254 e. The number of anilines is 1. The molecule has 1 aliphatic heterocycles. The summed E-state index contributed by atoms with van der Waals surface area (Å²) in [7, 11) is 0. The lowest BCUT2D eigenvalue weighted by Gasteiger charge is -2.27. The molecule has 1 saturated carbocycles. The van der Waals surface area contributed by atoms with Crippen LogP contribution >= 0.6 is 11.8 Å². The van der Waals surface area contributed by atoms with Crippen LogP contribution in [0.5, 0.6) is 0 Å². The van der Waals surface area contributed by atoms with Crippen LogP contribution in [0.1, 0.15) is 29.3 Å². The fourth-order valence-corrected chi connectivity index (χ4v) is 3.91. The Bertz CT molecular complexity index is 629. The second kappa shape index (κ2) is 7.57. The highest BCUT2D eigenvalue weighted by molar-refractivity contribution is 7.99. The number of carbonyl (C=O) groups excluding carboxylic acids is 2. The molecular formula is C18H24N2O3S. The van der Waals surface area contributed by atoms with E-state index in [2.05, 4.69) is 5.32 Å². The van der Waals surface area contributed by atoms with Gasteiger partial charge in [0, 0.05) is 42.5 Å². The molecule has 2 atom stereocenters. The molecule has 2 aliphatic rings. The van der Waals surface area contributed by atoms with Gasteiger partial charge in [0.2, 0.25) is 5.91 Å². The lowest BCUT2D eigenvalue weighted by Crippen LogP contribution is -2.38. The Hall–Kier alpha value is -1.53. The fourth-order valence-electron chi connectivity index (χ4n) is 3.01. The number of benzene rings is 1. The highest BCUT2D eigenvalue weighted by Crippen LogP contribution is 2.35. The van der Waals surface area contributed by atoms with Crippen molar-refractivity contribution >= 4 is 29.3 Å². The molecule has 0 aromatic heterocycles. The molecule has 1 N–H and O–H groups in total. The van der Waals surface area contributed by atoms with E-state index >= 15 is 0 Å². The quantitative estimate of drug-likeness (QED) is 0.888. The Morgan fingerprint density at radius 2 is 2.08 bits per heavy atom. The zero-order valence-corrected chi connectivity index (χ0v) is 15.0. The van der Waals surface area contributed by atoms with Gasteiger partial charge in [-0.25, -0.2) is 0 Å². The summed E-state index contributed by atoms with van der Waals surface area (Å²) in [5, 5.41) is 2.96. The number of amides is 2. The maximum Gasteiger partial charge on any atom is 0.254 e. The molecule has 1 saturated heterocycles. The van der Waals surface area contributed by atoms with Crippen LogP contribution in [0.25, 0.3) is 0 Å². The van der Waals surface area contributed by atoms with Crippen molar-refractivity contribution in [3.8, 4) is 0 Å². The van der Waals surface area contributed by atoms with E-state index in [4.69, 9.17) is 4.74 Å². The van der Waals surface area contributed by atoms with E-state index in [0.717, 1.165) is 42.3 Å². The Labute approximate surface area is 147 Å². The van der Waals surface area contributed by atoms with Crippen molar-refractivity contribution in [1.82, 2.24) is 4.90 Å². The van der Waals surface area contributed by atoms with E-state index in [1.807, 2.05) is 48.7 Å². The summed E-state index contributed by atoms with van der Waals surface area (Å²) in [5.74, 6) is 1.95. The minimum atomic E-state index is -0.0668. The average molecular weight is 348 g/mol. The summed E-state index contributed by atoms with van der Waals surface area (Å²) in [5.41, 5.74) is 2.24. The van der Waals surface area contributed by atoms with Crippen molar-refractivity contribution in [1.29, 1.82) is 0 Å². The molecule has 3 rings (SSSR count). The van der Waals surface area contributed by atoms with E-state index in [-0.39, 0.29) is 23.8 Å². The van der Waals surface area contributed by atoms with Crippen molar-refractivity contribution in [2.24, 2.45) is 5.92 Å². The molecule has 130 valence electrons. The highest BCUT2D eigenvalue weighted by atomic mass is 32.2. The maximum atomic E-state index is 12.7. The van der Waals surface area contributed by atoms with Crippen LogP contribution in [-0.2, 0) is 9.53 Å². The number of nitrogens with one attached hydrogen (secondary N) is 1. The lowest BCUT2D eigenvalue weighted by molar-refractivity contribution is -0.118. The van der Waals surface area contributed by atoms with Crippen LogP contribution in [0.2, 0.25) is 0 Å². The largest absolute Gasteiger partial charge is 0.378 e. The number of nitrogens with zero attached hydrogens (tertiary/aromatic N) is 1. The van der Waals surface area contributed by atoms with Crippen LogP contribution < -0.4 is 5.32 Å². The first-order chi connectivity index (χ1) is 11.6. The van der Waals surface area contributed by atoms with Gasteiger partial charge in [-0.05, 0) is 38.0 Å². The molecule has 1 aromatic rings. The molecule has 6 heteroatoms. The summed E-state index contributed by atoms with van der Waals surface area (Å²) in [6.07, 6.45) is 0.828. The Balaban J connectivity index is 1.69. The van der Waals surface area contributed by atoms with Gasteiger partial charge in [0.1, 0.15) is 0 Å². The average Bonchev–Trinajstić information content (AvgIpc) is 3.37. The summed E-state index contributed by atoms with van der Waals surface area (Å²) in [6.45, 7) is 6.04. The van der Waals surface area contributed by atoms with Crippen molar-refractivity contribution in [2.75, 3.05) is 36.5 Å². The Morgan fingerprint density at radius 3 is 2.79 bits per heavy atom. The maximum absolute atomic E-state index is 12.7. The van der Waals surface area contributed by atoms with Crippen LogP contribution in [0, 0.1) is 12.8 Å². The predicted molar refractivity (Wildman–Crippen MR) is 96.6 cm³/mol. The lowest BCUT2D eigenvalue weighted by atomic mass is 10.0. The molecule has 2 fully saturated rings. The highest BCUT2D eigenvalue weighted by Gasteiger charge is 2.44. The van der Waals surface area contributed by atoms with Gasteiger partial charge in [-0.1, -0.05) is 6.07 Å². The molecule has 24 heavy (non-hydrogen) atoms. The van der Waals surface area contributed by atoms with Crippen LogP contribution in [0.3, 0.4) is 0 Å². The summed E-state index contributed by atoms with van der Waals surface area (Å²) in [4.78, 5) is 26.9. The third-order valence-corrected chi connectivity index (χ3v) is 5.51. The first kappa shape index (κ1) is 17.3. The van der Waals surface area contributed by atoms with Crippen molar-refractivity contribution < 1.29 is 14.3 Å². The number of hydrogen-bond acceptors (Lipinski definition) is 4. The number of hydrogen-bond donors (Lipinski definition) is 1. The van der Waals surface area contributed by atoms with E-state index in [1.54, 1.807) is 0 Å². The first-order valence-corrected chi connectivity index (χ1v) is 9.66. The topological polar surface area (TPSA) is 58.6 Å². The summed E-state index contributed by atoms with van der Waals surface area (Å²) < 4.78 is 5.47. The van der Waals surface area contributed by atoms with Gasteiger partial charge < -0.3 is 15.0 Å². The van der Waals surface area contributed by atoms with Crippen LogP contribution in [0.4, 0.5) is 5.69 Å². The van der Waals surface area contributed by atoms with E-state index in [0.29, 0.717) is 12.2 Å². The second-order valence-corrected chi connectivity index (χ2v) is 7.43. The standard InChI is InChI=1S/C18H24N2O3S/c1-3-23-16-11-14(16)17(21)19-15-6-4-5-13(12(15)2)18(22)20-7-9-24-10-8-20/h4-6,14,16H,3,7-11H2,1-2H3,(H,19,21)/t14-,16-/m0/s1. The molecule has 0 bridgehead atoms. The molecule has 1 aliphatic carbocycles. The van der Waals surface area contributed by atoms with Gasteiger partial charge in [-0.3, -0.25) is 9.59 Å². The van der Waals surface area contributed by atoms with Crippen LogP contribution in [-0.4, -0.2) is 54.0 Å². The number of carbonyl (C=O) groups is 2. The van der Waals surface area contributed by atoms with E-state index in [9.17, 15) is 9.59 Å². The molecule has 0 unspecified atom stereocenters. The van der Waals surface area contributed by atoms with Gasteiger partial charge in [0.25, 0.3) is 5.91 Å². The molecule has 0 spiro atoms. The Kier molecular flexibility index (Phi) is 5.46. The number of rotatable bonds is 5. The first-order valence-electron chi connectivity index (χ1n) is 8.51. The second-order valence-electron chi connectivity index (χ2n) is 6.21. The zero-order valence-electron chi connectivity index (χ0n) is 14.2. The fraction of sp³-hybridized carbons (Fsp3) is 0.556. The van der Waals surface area contributed by atoms with Crippen molar-refractivity contribution in [3.05, 3.63) is 29.3 Å². The van der Waals surface area contributed by atoms with Gasteiger partial charge in [0.05, 0.1) is 12.0 Å². The molecule has 1 heterocycles. The normalized spacial score (nSPS) is 23.0. The Morgan fingerprint density at radius 1 is 1.33 bits per heavy atom. The third-order valence-electron chi connectivity index (χ3n) is 4.57. The minimum Gasteiger partial charge on any atom is -0.378 e. The zero-order chi connectivity index (χ0) is 17.1. The molecule has 0 radical (unpaired) electrons. The van der Waals surface area contributed by atoms with Gasteiger partial charge >= 0.3 is 0 Å². The summed E-state index contributed by atoms with van der Waals surface area (Å²) >= 11 is 1.88. The van der Waals surface area contributed by atoms with Gasteiger partial charge in [-0.15, -0.1) is 0 Å². The molecule has 1 aromatic carbocycles. The monoisotopic (exact) mass is 348 g/mol.